The van der Waals surface area contributed by atoms with Crippen molar-refractivity contribution in [3.05, 3.63) is 35.6 Å². The van der Waals surface area contributed by atoms with Crippen molar-refractivity contribution in [2.75, 3.05) is 0 Å². The minimum absolute atomic E-state index is 0.181. The van der Waals surface area contributed by atoms with Crippen molar-refractivity contribution < 1.29 is 9.23 Å². The van der Waals surface area contributed by atoms with Gasteiger partial charge in [-0.15, -0.1) is 0 Å². The van der Waals surface area contributed by atoms with Crippen molar-refractivity contribution in [1.82, 2.24) is 0 Å². The molecule has 0 amide bonds. The smallest absolute Gasteiger partial charge is 0.142 e. The lowest BCUT2D eigenvalue weighted by Gasteiger charge is -2.34. The van der Waals surface area contributed by atoms with Gasteiger partial charge in [-0.2, -0.15) is 0 Å². The van der Waals surface area contributed by atoms with Gasteiger partial charge in [-0.05, 0) is 48.3 Å². The van der Waals surface area contributed by atoms with Gasteiger partial charge in [0.1, 0.15) is 12.4 Å². The first-order valence-electron chi connectivity index (χ1n) is 7.37. The van der Waals surface area contributed by atoms with Crippen LogP contribution >= 0.6 is 0 Å². The Bertz CT molecular complexity index is 534. The van der Waals surface area contributed by atoms with Gasteiger partial charge >= 0.3 is 0 Å². The third-order valence-corrected chi connectivity index (χ3v) is 5.83. The highest BCUT2D eigenvalue weighted by Gasteiger charge is 2.60. The molecule has 0 aromatic heterocycles. The standard InChI is InChI=1S/C17H22FNO/c1-16(2)13-8-9-17(16,3)15(10-13)19-20-11-12-4-6-14(18)7-5-12/h4-7,13H,8-11H2,1-3H3/b19-15+/t13-,17+/m1/s1. The number of benzene rings is 1. The third-order valence-electron chi connectivity index (χ3n) is 5.83. The summed E-state index contributed by atoms with van der Waals surface area (Å²) >= 11 is 0. The zero-order chi connectivity index (χ0) is 14.4. The van der Waals surface area contributed by atoms with Gasteiger partial charge in [-0.1, -0.05) is 38.1 Å². The van der Waals surface area contributed by atoms with E-state index < -0.39 is 0 Å². The second kappa shape index (κ2) is 4.57. The van der Waals surface area contributed by atoms with Crippen LogP contribution in [-0.2, 0) is 11.4 Å². The molecule has 0 spiro atoms. The summed E-state index contributed by atoms with van der Waals surface area (Å²) in [6.45, 7) is 7.44. The van der Waals surface area contributed by atoms with E-state index in [2.05, 4.69) is 25.9 Å². The van der Waals surface area contributed by atoms with Gasteiger partial charge < -0.3 is 4.84 Å². The van der Waals surface area contributed by atoms with Gasteiger partial charge in [-0.25, -0.2) is 4.39 Å². The van der Waals surface area contributed by atoms with E-state index in [0.29, 0.717) is 12.0 Å². The van der Waals surface area contributed by atoms with E-state index in [4.69, 9.17) is 4.84 Å². The molecule has 1 aromatic carbocycles. The Labute approximate surface area is 120 Å². The molecule has 0 radical (unpaired) electrons. The first-order chi connectivity index (χ1) is 9.43. The molecule has 0 saturated heterocycles. The van der Waals surface area contributed by atoms with E-state index in [9.17, 15) is 4.39 Å². The van der Waals surface area contributed by atoms with E-state index >= 15 is 0 Å². The molecule has 20 heavy (non-hydrogen) atoms. The molecule has 0 unspecified atom stereocenters. The van der Waals surface area contributed by atoms with Crippen LogP contribution in [0.2, 0.25) is 0 Å². The lowest BCUT2D eigenvalue weighted by atomic mass is 9.70. The Morgan fingerprint density at radius 1 is 1.25 bits per heavy atom. The number of hydrogen-bond acceptors (Lipinski definition) is 2. The monoisotopic (exact) mass is 275 g/mol. The minimum Gasteiger partial charge on any atom is -0.391 e. The highest BCUT2D eigenvalue weighted by molar-refractivity contribution is 5.93. The van der Waals surface area contributed by atoms with Crippen LogP contribution in [0, 0.1) is 22.6 Å². The van der Waals surface area contributed by atoms with Crippen molar-refractivity contribution in [3.8, 4) is 0 Å². The van der Waals surface area contributed by atoms with Crippen molar-refractivity contribution in [3.63, 3.8) is 0 Å². The minimum atomic E-state index is -0.220. The Kier molecular flexibility index (Phi) is 3.11. The summed E-state index contributed by atoms with van der Waals surface area (Å²) < 4.78 is 12.8. The van der Waals surface area contributed by atoms with Gasteiger partial charge in [0.2, 0.25) is 0 Å². The normalized spacial score (nSPS) is 32.8. The van der Waals surface area contributed by atoms with E-state index in [1.54, 1.807) is 12.1 Å². The van der Waals surface area contributed by atoms with Gasteiger partial charge in [0, 0.05) is 5.41 Å². The van der Waals surface area contributed by atoms with Crippen LogP contribution in [-0.4, -0.2) is 5.71 Å². The summed E-state index contributed by atoms with van der Waals surface area (Å²) in [5.74, 6) is 0.517. The van der Waals surface area contributed by atoms with E-state index in [-0.39, 0.29) is 11.2 Å². The second-order valence-electron chi connectivity index (χ2n) is 6.93. The summed E-state index contributed by atoms with van der Waals surface area (Å²) in [7, 11) is 0. The summed E-state index contributed by atoms with van der Waals surface area (Å²) in [5, 5.41) is 4.41. The largest absolute Gasteiger partial charge is 0.391 e. The van der Waals surface area contributed by atoms with Gasteiger partial charge in [0.05, 0.1) is 5.71 Å². The van der Waals surface area contributed by atoms with Gasteiger partial charge in [-0.3, -0.25) is 0 Å². The molecule has 2 atom stereocenters. The van der Waals surface area contributed by atoms with Crippen LogP contribution in [0.3, 0.4) is 0 Å². The zero-order valence-electron chi connectivity index (χ0n) is 12.4. The Morgan fingerprint density at radius 3 is 2.50 bits per heavy atom. The topological polar surface area (TPSA) is 21.6 Å². The molecule has 2 aliphatic carbocycles. The molecule has 1 aromatic rings. The molecule has 2 aliphatic rings. The predicted molar refractivity (Wildman–Crippen MR) is 77.9 cm³/mol. The first-order valence-corrected chi connectivity index (χ1v) is 7.37. The molecule has 108 valence electrons. The number of fused-ring (bicyclic) bond motifs is 2. The fraction of sp³-hybridized carbons (Fsp3) is 0.588. The highest BCUT2D eigenvalue weighted by Crippen LogP contribution is 2.63. The van der Waals surface area contributed by atoms with Crippen LogP contribution in [0.1, 0.15) is 45.6 Å². The van der Waals surface area contributed by atoms with E-state index in [1.807, 2.05) is 0 Å². The molecular weight excluding hydrogens is 253 g/mol. The lowest BCUT2D eigenvalue weighted by molar-refractivity contribution is 0.123. The number of rotatable bonds is 3. The summed E-state index contributed by atoms with van der Waals surface area (Å²) in [5.41, 5.74) is 2.66. The van der Waals surface area contributed by atoms with Crippen molar-refractivity contribution >= 4 is 5.71 Å². The number of halogens is 1. The molecule has 2 nitrogen and oxygen atoms in total. The highest BCUT2D eigenvalue weighted by atomic mass is 19.1. The maximum absolute atomic E-state index is 12.8. The third kappa shape index (κ3) is 1.95. The van der Waals surface area contributed by atoms with Gasteiger partial charge in [0.25, 0.3) is 0 Å². The molecule has 0 N–H and O–H groups in total. The summed E-state index contributed by atoms with van der Waals surface area (Å²) in [4.78, 5) is 5.52. The molecule has 3 rings (SSSR count). The quantitative estimate of drug-likeness (QED) is 0.742. The molecular formula is C17H22FNO. The van der Waals surface area contributed by atoms with Crippen LogP contribution < -0.4 is 0 Å². The SMILES string of the molecule is CC1(C)[C@@H]2CC[C@@]1(C)/C(=N/OCc1ccc(F)cc1)C2. The fourth-order valence-corrected chi connectivity index (χ4v) is 3.83. The summed E-state index contributed by atoms with van der Waals surface area (Å²) in [6, 6.07) is 6.38. The number of nitrogens with zero attached hydrogens (tertiary/aromatic N) is 1. The van der Waals surface area contributed by atoms with Crippen LogP contribution in [0.15, 0.2) is 29.4 Å². The Balaban J connectivity index is 1.68. The molecule has 0 aliphatic heterocycles. The average molecular weight is 275 g/mol. The molecule has 0 heterocycles. The van der Waals surface area contributed by atoms with E-state index in [1.165, 1.54) is 30.7 Å². The molecule has 2 bridgehead atoms. The molecule has 2 fully saturated rings. The first kappa shape index (κ1) is 13.6. The second-order valence-corrected chi connectivity index (χ2v) is 6.93. The fourth-order valence-electron chi connectivity index (χ4n) is 3.83. The molecule has 2 saturated carbocycles. The van der Waals surface area contributed by atoms with Crippen LogP contribution in [0.4, 0.5) is 4.39 Å². The molecule has 3 heteroatoms. The van der Waals surface area contributed by atoms with Crippen LogP contribution in [0.5, 0.6) is 0 Å². The maximum atomic E-state index is 12.8. The number of oxime groups is 1. The van der Waals surface area contributed by atoms with Crippen LogP contribution in [0.25, 0.3) is 0 Å². The predicted octanol–water partition coefficient (Wildman–Crippen LogP) is 4.54. The maximum Gasteiger partial charge on any atom is 0.142 e. The van der Waals surface area contributed by atoms with Crippen molar-refractivity contribution in [1.29, 1.82) is 0 Å². The summed E-state index contributed by atoms with van der Waals surface area (Å²) in [6.07, 6.45) is 3.58. The Morgan fingerprint density at radius 2 is 1.95 bits per heavy atom. The average Bonchev–Trinajstić information content (AvgIpc) is 2.74. The number of hydrogen-bond donors (Lipinski definition) is 0. The van der Waals surface area contributed by atoms with Crippen molar-refractivity contribution in [2.45, 2.75) is 46.6 Å². The van der Waals surface area contributed by atoms with E-state index in [0.717, 1.165) is 17.9 Å². The van der Waals surface area contributed by atoms with Gasteiger partial charge in [0.15, 0.2) is 0 Å². The Hall–Kier alpha value is -1.38. The zero-order valence-corrected chi connectivity index (χ0v) is 12.4. The van der Waals surface area contributed by atoms with Crippen molar-refractivity contribution in [2.24, 2.45) is 21.9 Å². The lowest BCUT2D eigenvalue weighted by Crippen LogP contribution is -2.32.